The number of hydrogen-bond donors (Lipinski definition) is 0. The minimum atomic E-state index is -0.161. The molecule has 1 aliphatic rings. The summed E-state index contributed by atoms with van der Waals surface area (Å²) in [5.74, 6) is -0.366. The topological polar surface area (TPSA) is 64.4 Å². The summed E-state index contributed by atoms with van der Waals surface area (Å²) >= 11 is 0. The zero-order valence-electron chi connectivity index (χ0n) is 18.0. The van der Waals surface area contributed by atoms with E-state index in [4.69, 9.17) is 9.84 Å². The molecule has 1 fully saturated rings. The Morgan fingerprint density at radius 3 is 2.45 bits per heavy atom. The Kier molecular flexibility index (Phi) is 6.16. The van der Waals surface area contributed by atoms with Crippen LogP contribution in [0, 0.1) is 12.8 Å². The first-order valence-electron chi connectivity index (χ1n) is 10.7. The lowest BCUT2D eigenvalue weighted by molar-refractivity contribution is -0.149. The number of aryl methyl sites for hydroxylation is 1. The summed E-state index contributed by atoms with van der Waals surface area (Å²) in [7, 11) is 0. The highest BCUT2D eigenvalue weighted by Crippen LogP contribution is 2.25. The zero-order chi connectivity index (χ0) is 21.8. The molecule has 6 nitrogen and oxygen atoms in total. The van der Waals surface area contributed by atoms with E-state index in [1.165, 1.54) is 0 Å². The number of ether oxygens (including phenoxy) is 1. The Balaban J connectivity index is 1.63. The second-order valence-electron chi connectivity index (χ2n) is 7.85. The Labute approximate surface area is 182 Å². The Hall–Kier alpha value is -3.41. The van der Waals surface area contributed by atoms with Crippen molar-refractivity contribution in [3.8, 4) is 16.9 Å². The fourth-order valence-electron chi connectivity index (χ4n) is 3.98. The van der Waals surface area contributed by atoms with Gasteiger partial charge in [0.15, 0.2) is 0 Å². The Bertz CT molecular complexity index is 1070. The highest BCUT2D eigenvalue weighted by Gasteiger charge is 2.30. The molecule has 2 aromatic carbocycles. The van der Waals surface area contributed by atoms with Crippen molar-refractivity contribution in [1.29, 1.82) is 0 Å². The number of rotatable bonds is 5. The molecule has 1 aliphatic heterocycles. The van der Waals surface area contributed by atoms with Crippen molar-refractivity contribution in [2.45, 2.75) is 26.7 Å². The van der Waals surface area contributed by atoms with E-state index in [0.717, 1.165) is 22.5 Å². The van der Waals surface area contributed by atoms with Crippen molar-refractivity contribution in [2.24, 2.45) is 5.92 Å². The molecule has 1 saturated heterocycles. The highest BCUT2D eigenvalue weighted by molar-refractivity contribution is 5.94. The predicted octanol–water partition coefficient (Wildman–Crippen LogP) is 4.26. The van der Waals surface area contributed by atoms with Crippen LogP contribution in [0.1, 0.15) is 35.8 Å². The lowest BCUT2D eigenvalue weighted by atomic mass is 9.97. The summed E-state index contributed by atoms with van der Waals surface area (Å²) < 4.78 is 6.88. The van der Waals surface area contributed by atoms with Crippen LogP contribution in [0.5, 0.6) is 0 Å². The van der Waals surface area contributed by atoms with Gasteiger partial charge in [-0.1, -0.05) is 42.5 Å². The second kappa shape index (κ2) is 9.16. The number of nitrogens with zero attached hydrogens (tertiary/aromatic N) is 3. The minimum Gasteiger partial charge on any atom is -0.466 e. The average Bonchev–Trinajstić information content (AvgIpc) is 3.25. The number of aromatic nitrogens is 2. The van der Waals surface area contributed by atoms with Gasteiger partial charge in [0.2, 0.25) is 0 Å². The maximum absolute atomic E-state index is 13.5. The van der Waals surface area contributed by atoms with Crippen LogP contribution >= 0.6 is 0 Å². The van der Waals surface area contributed by atoms with Gasteiger partial charge in [0.25, 0.3) is 5.91 Å². The quantitative estimate of drug-likeness (QED) is 0.582. The summed E-state index contributed by atoms with van der Waals surface area (Å²) in [4.78, 5) is 27.3. The lowest BCUT2D eigenvalue weighted by Crippen LogP contribution is -2.41. The van der Waals surface area contributed by atoms with Gasteiger partial charge >= 0.3 is 5.97 Å². The van der Waals surface area contributed by atoms with E-state index in [-0.39, 0.29) is 17.8 Å². The molecule has 0 unspecified atom stereocenters. The molecule has 4 rings (SSSR count). The van der Waals surface area contributed by atoms with Crippen LogP contribution in [0.25, 0.3) is 16.9 Å². The summed E-state index contributed by atoms with van der Waals surface area (Å²) in [5, 5.41) is 4.77. The Morgan fingerprint density at radius 2 is 1.77 bits per heavy atom. The zero-order valence-corrected chi connectivity index (χ0v) is 18.0. The molecule has 0 bridgehead atoms. The summed E-state index contributed by atoms with van der Waals surface area (Å²) in [6.45, 7) is 5.28. The first kappa shape index (κ1) is 20.8. The van der Waals surface area contributed by atoms with Crippen LogP contribution in [0.3, 0.4) is 0 Å². The van der Waals surface area contributed by atoms with Crippen LogP contribution in [0.15, 0.2) is 60.7 Å². The van der Waals surface area contributed by atoms with E-state index in [9.17, 15) is 9.59 Å². The fraction of sp³-hybridized carbons (Fsp3) is 0.320. The van der Waals surface area contributed by atoms with Crippen LogP contribution in [0.4, 0.5) is 0 Å². The van der Waals surface area contributed by atoms with Crippen molar-refractivity contribution in [1.82, 2.24) is 14.7 Å². The van der Waals surface area contributed by atoms with Gasteiger partial charge in [-0.2, -0.15) is 5.10 Å². The summed E-state index contributed by atoms with van der Waals surface area (Å²) in [6.07, 6.45) is 1.24. The summed E-state index contributed by atoms with van der Waals surface area (Å²) in [6, 6.07) is 19.7. The number of amides is 1. The third-order valence-corrected chi connectivity index (χ3v) is 5.65. The maximum atomic E-state index is 13.5. The van der Waals surface area contributed by atoms with Crippen LogP contribution in [0.2, 0.25) is 0 Å². The van der Waals surface area contributed by atoms with Crippen molar-refractivity contribution in [2.75, 3.05) is 19.7 Å². The average molecular weight is 418 g/mol. The molecule has 0 saturated carbocycles. The summed E-state index contributed by atoms with van der Waals surface area (Å²) in [5.41, 5.74) is 4.20. The van der Waals surface area contributed by atoms with Crippen LogP contribution < -0.4 is 0 Å². The number of carbonyl (C=O) groups excluding carboxylic acids is 2. The van der Waals surface area contributed by atoms with Gasteiger partial charge in [-0.3, -0.25) is 9.59 Å². The first-order chi connectivity index (χ1) is 15.1. The fourth-order valence-corrected chi connectivity index (χ4v) is 3.98. The van der Waals surface area contributed by atoms with E-state index in [2.05, 4.69) is 0 Å². The van der Waals surface area contributed by atoms with E-state index in [1.807, 2.05) is 79.4 Å². The smallest absolute Gasteiger partial charge is 0.309 e. The van der Waals surface area contributed by atoms with Crippen molar-refractivity contribution < 1.29 is 14.3 Å². The molecule has 0 N–H and O–H groups in total. The van der Waals surface area contributed by atoms with Crippen LogP contribution in [-0.2, 0) is 9.53 Å². The monoisotopic (exact) mass is 417 g/mol. The standard InChI is InChI=1S/C25H27N3O3/c1-3-31-25(30)20-12-14-27(15-13-20)24(29)23-17-22(19-9-5-4-6-10-19)26-28(23)21-11-7-8-18(2)16-21/h4-11,16-17,20H,3,12-15H2,1-2H3. The molecule has 2 heterocycles. The number of likely N-dealkylation sites (tertiary alicyclic amines) is 1. The third-order valence-electron chi connectivity index (χ3n) is 5.65. The molecule has 6 heteroatoms. The van der Waals surface area contributed by atoms with E-state index < -0.39 is 0 Å². The van der Waals surface area contributed by atoms with Crippen molar-refractivity contribution in [3.63, 3.8) is 0 Å². The van der Waals surface area contributed by atoms with Gasteiger partial charge < -0.3 is 9.64 Å². The van der Waals surface area contributed by atoms with E-state index in [0.29, 0.717) is 38.2 Å². The van der Waals surface area contributed by atoms with E-state index in [1.54, 1.807) is 4.68 Å². The first-order valence-corrected chi connectivity index (χ1v) is 10.7. The molecule has 0 radical (unpaired) electrons. The normalized spacial score (nSPS) is 14.5. The van der Waals surface area contributed by atoms with E-state index >= 15 is 0 Å². The number of piperidine rings is 1. The molecule has 0 aliphatic carbocycles. The largest absolute Gasteiger partial charge is 0.466 e. The van der Waals surface area contributed by atoms with Crippen molar-refractivity contribution >= 4 is 11.9 Å². The van der Waals surface area contributed by atoms with Gasteiger partial charge in [0.05, 0.1) is 23.9 Å². The van der Waals surface area contributed by atoms with Gasteiger partial charge in [-0.15, -0.1) is 0 Å². The second-order valence-corrected chi connectivity index (χ2v) is 7.85. The minimum absolute atomic E-state index is 0.0708. The predicted molar refractivity (Wildman–Crippen MR) is 119 cm³/mol. The van der Waals surface area contributed by atoms with Crippen LogP contribution in [-0.4, -0.2) is 46.3 Å². The van der Waals surface area contributed by atoms with Gasteiger partial charge in [-0.25, -0.2) is 4.68 Å². The maximum Gasteiger partial charge on any atom is 0.309 e. The van der Waals surface area contributed by atoms with Gasteiger partial charge in [-0.05, 0) is 50.5 Å². The SMILES string of the molecule is CCOC(=O)C1CCN(C(=O)c2cc(-c3ccccc3)nn2-c2cccc(C)c2)CC1. The lowest BCUT2D eigenvalue weighted by Gasteiger charge is -2.30. The molecule has 0 spiro atoms. The molecular formula is C25H27N3O3. The highest BCUT2D eigenvalue weighted by atomic mass is 16.5. The molecule has 3 aromatic rings. The number of benzene rings is 2. The van der Waals surface area contributed by atoms with Crippen molar-refractivity contribution in [3.05, 3.63) is 71.9 Å². The number of esters is 1. The number of carbonyl (C=O) groups is 2. The Morgan fingerprint density at radius 1 is 1.03 bits per heavy atom. The molecular weight excluding hydrogens is 390 g/mol. The number of hydrogen-bond acceptors (Lipinski definition) is 4. The third kappa shape index (κ3) is 4.53. The molecule has 31 heavy (non-hydrogen) atoms. The molecule has 1 amide bonds. The molecule has 0 atom stereocenters. The van der Waals surface area contributed by atoms with Gasteiger partial charge in [0, 0.05) is 18.7 Å². The molecule has 160 valence electrons. The van der Waals surface area contributed by atoms with Gasteiger partial charge in [0.1, 0.15) is 5.69 Å². The molecule has 1 aromatic heterocycles.